The molecule has 15 heavy (non-hydrogen) atoms. The van der Waals surface area contributed by atoms with Crippen molar-refractivity contribution in [3.8, 4) is 0 Å². The average Bonchev–Trinajstić information content (AvgIpc) is 2.70. The first kappa shape index (κ1) is 12.4. The molecule has 0 aromatic carbocycles. The highest BCUT2D eigenvalue weighted by Crippen LogP contribution is 2.31. The molecule has 1 aliphatic rings. The van der Waals surface area contributed by atoms with Crippen LogP contribution < -0.4 is 0 Å². The highest BCUT2D eigenvalue weighted by Gasteiger charge is 2.47. The molecule has 0 aromatic heterocycles. The average molecular weight is 219 g/mol. The van der Waals surface area contributed by atoms with Crippen molar-refractivity contribution in [2.24, 2.45) is 5.16 Å². The first-order valence-corrected chi connectivity index (χ1v) is 4.88. The lowest BCUT2D eigenvalue weighted by atomic mass is 10.1. The van der Waals surface area contributed by atoms with E-state index in [1.54, 1.807) is 0 Å². The molecule has 1 rings (SSSR count). The number of hydrogen-bond acceptors (Lipinski definition) is 6. The minimum absolute atomic E-state index is 0.558. The summed E-state index contributed by atoms with van der Waals surface area (Å²) < 4.78 is 10.4. The van der Waals surface area contributed by atoms with Crippen LogP contribution in [0, 0.1) is 0 Å². The smallest absolute Gasteiger partial charge is 0.303 e. The molecule has 6 heteroatoms. The van der Waals surface area contributed by atoms with E-state index in [0.29, 0.717) is 18.6 Å². The molecule has 0 saturated carbocycles. The SMILES string of the molecule is CC/C(=N\OC)C1(CC)OOC(OC)O1. The van der Waals surface area contributed by atoms with E-state index < -0.39 is 12.3 Å². The monoisotopic (exact) mass is 219 g/mol. The van der Waals surface area contributed by atoms with Gasteiger partial charge in [-0.1, -0.05) is 19.0 Å². The lowest BCUT2D eigenvalue weighted by molar-refractivity contribution is -0.351. The summed E-state index contributed by atoms with van der Waals surface area (Å²) in [5, 5.41) is 3.87. The Morgan fingerprint density at radius 1 is 1.40 bits per heavy atom. The zero-order valence-corrected chi connectivity index (χ0v) is 9.48. The Labute approximate surface area is 89.0 Å². The van der Waals surface area contributed by atoms with Crippen molar-refractivity contribution in [1.29, 1.82) is 0 Å². The van der Waals surface area contributed by atoms with Crippen LogP contribution in [0.2, 0.25) is 0 Å². The predicted octanol–water partition coefficient (Wildman–Crippen LogP) is 1.41. The molecule has 1 aliphatic heterocycles. The molecule has 0 radical (unpaired) electrons. The van der Waals surface area contributed by atoms with Crippen molar-refractivity contribution < 1.29 is 24.1 Å². The lowest BCUT2D eigenvalue weighted by Crippen LogP contribution is -2.40. The van der Waals surface area contributed by atoms with Crippen LogP contribution in [-0.4, -0.2) is 32.2 Å². The molecule has 1 saturated heterocycles. The third kappa shape index (κ3) is 2.46. The molecular weight excluding hydrogens is 202 g/mol. The standard InChI is InChI=1S/C9H17NO5/c1-5-7(10-12-4)9(6-2)13-8(11-3)14-15-9/h8H,5-6H2,1-4H3/b10-7+. The van der Waals surface area contributed by atoms with E-state index in [1.165, 1.54) is 14.2 Å². The van der Waals surface area contributed by atoms with Crippen LogP contribution in [0.3, 0.4) is 0 Å². The van der Waals surface area contributed by atoms with Gasteiger partial charge in [-0.05, 0) is 6.42 Å². The fourth-order valence-electron chi connectivity index (χ4n) is 1.38. The highest BCUT2D eigenvalue weighted by molar-refractivity contribution is 5.90. The van der Waals surface area contributed by atoms with E-state index >= 15 is 0 Å². The van der Waals surface area contributed by atoms with Crippen LogP contribution in [0.4, 0.5) is 0 Å². The Morgan fingerprint density at radius 3 is 2.53 bits per heavy atom. The summed E-state index contributed by atoms with van der Waals surface area (Å²) >= 11 is 0. The maximum Gasteiger partial charge on any atom is 0.303 e. The largest absolute Gasteiger partial charge is 0.399 e. The molecule has 88 valence electrons. The van der Waals surface area contributed by atoms with Gasteiger partial charge in [-0.3, -0.25) is 4.74 Å². The van der Waals surface area contributed by atoms with E-state index in [4.69, 9.17) is 24.1 Å². The van der Waals surface area contributed by atoms with Gasteiger partial charge in [0.05, 0.1) is 0 Å². The van der Waals surface area contributed by atoms with Gasteiger partial charge in [0.25, 0.3) is 0 Å². The zero-order valence-electron chi connectivity index (χ0n) is 9.48. The minimum Gasteiger partial charge on any atom is -0.399 e. The summed E-state index contributed by atoms with van der Waals surface area (Å²) in [5.74, 6) is -0.995. The van der Waals surface area contributed by atoms with Gasteiger partial charge in [-0.25, -0.2) is 0 Å². The summed E-state index contributed by atoms with van der Waals surface area (Å²) in [7, 11) is 2.95. The Hall–Kier alpha value is -0.690. The second-order valence-electron chi connectivity index (χ2n) is 3.00. The van der Waals surface area contributed by atoms with Crippen molar-refractivity contribution in [3.63, 3.8) is 0 Å². The normalized spacial score (nSPS) is 32.0. The third-order valence-electron chi connectivity index (χ3n) is 2.18. The molecule has 2 atom stereocenters. The lowest BCUT2D eigenvalue weighted by Gasteiger charge is -2.23. The molecule has 1 heterocycles. The van der Waals surface area contributed by atoms with Crippen LogP contribution in [-0.2, 0) is 24.1 Å². The van der Waals surface area contributed by atoms with Gasteiger partial charge in [0, 0.05) is 13.5 Å². The molecule has 0 bridgehead atoms. The molecule has 6 nitrogen and oxygen atoms in total. The topological polar surface area (TPSA) is 58.5 Å². The van der Waals surface area contributed by atoms with Crippen molar-refractivity contribution in [1.82, 2.24) is 0 Å². The molecule has 0 aliphatic carbocycles. The van der Waals surface area contributed by atoms with E-state index in [2.05, 4.69) is 5.16 Å². The van der Waals surface area contributed by atoms with Gasteiger partial charge >= 0.3 is 6.48 Å². The quantitative estimate of drug-likeness (QED) is 0.397. The van der Waals surface area contributed by atoms with Crippen LogP contribution >= 0.6 is 0 Å². The number of ether oxygens (including phenoxy) is 2. The molecule has 2 unspecified atom stereocenters. The molecule has 0 spiro atoms. The molecular formula is C9H17NO5. The Balaban J connectivity index is 2.81. The van der Waals surface area contributed by atoms with Gasteiger partial charge in [0.1, 0.15) is 12.8 Å². The van der Waals surface area contributed by atoms with E-state index in [0.717, 1.165) is 0 Å². The van der Waals surface area contributed by atoms with E-state index in [9.17, 15) is 0 Å². The summed E-state index contributed by atoms with van der Waals surface area (Å²) in [6, 6.07) is 0. The minimum atomic E-state index is -0.995. The fraction of sp³-hybridized carbons (Fsp3) is 0.889. The van der Waals surface area contributed by atoms with Crippen LogP contribution in [0.5, 0.6) is 0 Å². The van der Waals surface area contributed by atoms with Crippen molar-refractivity contribution in [3.05, 3.63) is 0 Å². The Morgan fingerprint density at radius 2 is 2.13 bits per heavy atom. The molecule has 0 amide bonds. The number of methoxy groups -OCH3 is 1. The third-order valence-corrected chi connectivity index (χ3v) is 2.18. The first-order chi connectivity index (χ1) is 7.22. The Bertz CT molecular complexity index is 233. The van der Waals surface area contributed by atoms with Crippen molar-refractivity contribution >= 4 is 5.71 Å². The molecule has 0 aromatic rings. The van der Waals surface area contributed by atoms with Crippen LogP contribution in [0.25, 0.3) is 0 Å². The first-order valence-electron chi connectivity index (χ1n) is 4.88. The fourth-order valence-corrected chi connectivity index (χ4v) is 1.38. The summed E-state index contributed by atoms with van der Waals surface area (Å²) in [6.45, 7) is 3.02. The summed E-state index contributed by atoms with van der Waals surface area (Å²) in [5.41, 5.74) is 0.632. The maximum atomic E-state index is 5.48. The highest BCUT2D eigenvalue weighted by atomic mass is 17.3. The summed E-state index contributed by atoms with van der Waals surface area (Å²) in [6.07, 6.45) is 1.20. The van der Waals surface area contributed by atoms with E-state index in [-0.39, 0.29) is 0 Å². The van der Waals surface area contributed by atoms with Gasteiger partial charge in [0.2, 0.25) is 5.79 Å². The van der Waals surface area contributed by atoms with Crippen molar-refractivity contribution in [2.45, 2.75) is 39.0 Å². The summed E-state index contributed by atoms with van der Waals surface area (Å²) in [4.78, 5) is 14.7. The second-order valence-corrected chi connectivity index (χ2v) is 3.00. The maximum absolute atomic E-state index is 5.48. The van der Waals surface area contributed by atoms with Gasteiger partial charge in [0.15, 0.2) is 0 Å². The van der Waals surface area contributed by atoms with Gasteiger partial charge < -0.3 is 9.57 Å². The van der Waals surface area contributed by atoms with Crippen LogP contribution in [0.1, 0.15) is 26.7 Å². The number of oxime groups is 1. The zero-order chi connectivity index (χ0) is 11.3. The number of hydrogen-bond donors (Lipinski definition) is 0. The Kier molecular flexibility index (Phi) is 4.46. The van der Waals surface area contributed by atoms with E-state index in [1.807, 2.05) is 13.8 Å². The van der Waals surface area contributed by atoms with Crippen molar-refractivity contribution in [2.75, 3.05) is 14.2 Å². The number of rotatable bonds is 5. The number of nitrogens with zero attached hydrogens (tertiary/aromatic N) is 1. The van der Waals surface area contributed by atoms with Gasteiger partial charge in [-0.2, -0.15) is 9.78 Å². The molecule has 1 fully saturated rings. The predicted molar refractivity (Wildman–Crippen MR) is 51.8 cm³/mol. The van der Waals surface area contributed by atoms with Crippen LogP contribution in [0.15, 0.2) is 5.16 Å². The van der Waals surface area contributed by atoms with Gasteiger partial charge in [-0.15, -0.1) is 0 Å². The second kappa shape index (κ2) is 5.41. The molecule has 0 N–H and O–H groups in total.